The Morgan fingerprint density at radius 1 is 1.06 bits per heavy atom. The molecule has 2 aromatic heterocycles. The van der Waals surface area contributed by atoms with E-state index in [-0.39, 0.29) is 11.2 Å². The number of rotatable bonds is 10. The van der Waals surface area contributed by atoms with Gasteiger partial charge in [0, 0.05) is 6.54 Å². The van der Waals surface area contributed by atoms with E-state index < -0.39 is 0 Å². The van der Waals surface area contributed by atoms with Gasteiger partial charge in [-0.15, -0.1) is 21.5 Å². The van der Waals surface area contributed by atoms with Crippen molar-refractivity contribution < 1.29 is 4.79 Å². The van der Waals surface area contributed by atoms with Gasteiger partial charge in [-0.2, -0.15) is 0 Å². The molecule has 1 atom stereocenters. The van der Waals surface area contributed by atoms with Crippen molar-refractivity contribution in [3.8, 4) is 0 Å². The highest BCUT2D eigenvalue weighted by molar-refractivity contribution is 8.00. The molecule has 172 valence electrons. The van der Waals surface area contributed by atoms with Crippen molar-refractivity contribution in [1.29, 1.82) is 0 Å². The van der Waals surface area contributed by atoms with Crippen molar-refractivity contribution in [1.82, 2.24) is 25.1 Å². The Hall–Kier alpha value is -2.36. The van der Waals surface area contributed by atoms with Crippen LogP contribution in [0, 0.1) is 5.92 Å². The lowest BCUT2D eigenvalue weighted by Crippen LogP contribution is -2.33. The van der Waals surface area contributed by atoms with Crippen LogP contribution in [0.15, 0.2) is 64.1 Å². The number of carbonyl (C=O) groups excluding carboxylic acids is 1. The largest absolute Gasteiger partial charge is 0.355 e. The van der Waals surface area contributed by atoms with E-state index in [9.17, 15) is 4.79 Å². The van der Waals surface area contributed by atoms with Gasteiger partial charge in [-0.25, -0.2) is 4.98 Å². The van der Waals surface area contributed by atoms with Gasteiger partial charge in [-0.1, -0.05) is 79.8 Å². The predicted molar refractivity (Wildman–Crippen MR) is 138 cm³/mol. The lowest BCUT2D eigenvalue weighted by atomic mass is 10.2. The van der Waals surface area contributed by atoms with Gasteiger partial charge in [-0.05, 0) is 30.5 Å². The molecule has 0 aliphatic carbocycles. The highest BCUT2D eigenvalue weighted by Gasteiger charge is 2.21. The first-order valence-electron chi connectivity index (χ1n) is 10.9. The molecule has 2 aromatic carbocycles. The van der Waals surface area contributed by atoms with Gasteiger partial charge in [0.05, 0.1) is 27.8 Å². The van der Waals surface area contributed by atoms with Crippen LogP contribution in [0.25, 0.3) is 10.2 Å². The zero-order valence-corrected chi connectivity index (χ0v) is 21.3. The Kier molecular flexibility index (Phi) is 8.06. The molecule has 1 amide bonds. The summed E-state index contributed by atoms with van der Waals surface area (Å²) < 4.78 is 4.32. The molecule has 0 fully saturated rings. The molecule has 4 rings (SSSR count). The SMILES string of the molecule is CC(C)CNC(=O)C(C)Sc1nnc(CSc2nc3ccccc3s2)n1Cc1ccccc1. The maximum Gasteiger partial charge on any atom is 0.233 e. The first kappa shape index (κ1) is 23.8. The third-order valence-corrected chi connectivity index (χ3v) is 8.17. The van der Waals surface area contributed by atoms with Crippen LogP contribution < -0.4 is 5.32 Å². The first-order chi connectivity index (χ1) is 16.0. The maximum absolute atomic E-state index is 12.5. The average Bonchev–Trinajstić information content (AvgIpc) is 3.40. The molecule has 4 aromatic rings. The Labute approximate surface area is 206 Å². The van der Waals surface area contributed by atoms with Crippen LogP contribution in [-0.2, 0) is 17.1 Å². The van der Waals surface area contributed by atoms with Crippen molar-refractivity contribution in [2.45, 2.75) is 47.8 Å². The van der Waals surface area contributed by atoms with Crippen LogP contribution in [0.1, 0.15) is 32.2 Å². The molecule has 0 saturated heterocycles. The second kappa shape index (κ2) is 11.2. The number of hydrogen-bond donors (Lipinski definition) is 1. The Balaban J connectivity index is 1.51. The Morgan fingerprint density at radius 2 is 1.82 bits per heavy atom. The number of carbonyl (C=O) groups is 1. The standard InChI is InChI=1S/C24H27N5OS3/c1-16(2)13-25-22(30)17(3)32-23-28-27-21(29(23)14-18-9-5-4-6-10-18)15-31-24-26-19-11-7-8-12-20(19)33-24/h4-12,16-17H,13-15H2,1-3H3,(H,25,30). The number of aromatic nitrogens is 4. The number of fused-ring (bicyclic) bond motifs is 1. The van der Waals surface area contributed by atoms with Gasteiger partial charge in [0.15, 0.2) is 9.50 Å². The number of nitrogens with zero attached hydrogens (tertiary/aromatic N) is 4. The molecule has 0 bridgehead atoms. The highest BCUT2D eigenvalue weighted by Crippen LogP contribution is 2.32. The van der Waals surface area contributed by atoms with Crippen LogP contribution in [-0.4, -0.2) is 37.5 Å². The average molecular weight is 498 g/mol. The third kappa shape index (κ3) is 6.37. The van der Waals surface area contributed by atoms with Crippen LogP contribution in [0.2, 0.25) is 0 Å². The van der Waals surface area contributed by atoms with Crippen molar-refractivity contribution in [3.63, 3.8) is 0 Å². The molecule has 9 heteroatoms. The lowest BCUT2D eigenvalue weighted by Gasteiger charge is -2.14. The monoisotopic (exact) mass is 497 g/mol. The molecule has 0 radical (unpaired) electrons. The molecule has 0 aliphatic heterocycles. The van der Waals surface area contributed by atoms with E-state index in [2.05, 4.69) is 52.1 Å². The second-order valence-electron chi connectivity index (χ2n) is 8.11. The van der Waals surface area contributed by atoms with E-state index in [1.807, 2.05) is 43.3 Å². The fourth-order valence-corrected chi connectivity index (χ4v) is 6.04. The molecule has 6 nitrogen and oxygen atoms in total. The Bertz CT molecular complexity index is 1170. The summed E-state index contributed by atoms with van der Waals surface area (Å²) in [6.07, 6.45) is 0. The van der Waals surface area contributed by atoms with E-state index in [1.165, 1.54) is 22.0 Å². The quantitative estimate of drug-likeness (QED) is 0.293. The predicted octanol–water partition coefficient (Wildman–Crippen LogP) is 5.48. The van der Waals surface area contributed by atoms with Gasteiger partial charge in [-0.3, -0.25) is 4.79 Å². The van der Waals surface area contributed by atoms with Crippen LogP contribution in [0.4, 0.5) is 0 Å². The van der Waals surface area contributed by atoms with Crippen molar-refractivity contribution in [2.24, 2.45) is 5.92 Å². The van der Waals surface area contributed by atoms with E-state index in [4.69, 9.17) is 4.98 Å². The fraction of sp³-hybridized carbons (Fsp3) is 0.333. The number of benzene rings is 2. The molecule has 2 heterocycles. The minimum atomic E-state index is -0.257. The molecule has 1 N–H and O–H groups in total. The van der Waals surface area contributed by atoms with E-state index in [0.29, 0.717) is 24.8 Å². The number of hydrogen-bond acceptors (Lipinski definition) is 7. The van der Waals surface area contributed by atoms with Crippen LogP contribution >= 0.6 is 34.9 Å². The van der Waals surface area contributed by atoms with E-state index in [1.54, 1.807) is 23.1 Å². The molecule has 0 spiro atoms. The molecular formula is C24H27N5OS3. The number of amides is 1. The summed E-state index contributed by atoms with van der Waals surface area (Å²) in [4.78, 5) is 17.2. The minimum Gasteiger partial charge on any atom is -0.355 e. The first-order valence-corrected chi connectivity index (χ1v) is 13.6. The highest BCUT2D eigenvalue weighted by atomic mass is 32.2. The normalized spacial score (nSPS) is 12.4. The smallest absolute Gasteiger partial charge is 0.233 e. The maximum atomic E-state index is 12.5. The van der Waals surface area contributed by atoms with Gasteiger partial charge < -0.3 is 9.88 Å². The summed E-state index contributed by atoms with van der Waals surface area (Å²) in [5.74, 6) is 1.97. The van der Waals surface area contributed by atoms with Crippen molar-refractivity contribution in [2.75, 3.05) is 6.54 Å². The van der Waals surface area contributed by atoms with Crippen LogP contribution in [0.5, 0.6) is 0 Å². The zero-order valence-electron chi connectivity index (χ0n) is 18.9. The van der Waals surface area contributed by atoms with Gasteiger partial charge in [0.1, 0.15) is 5.82 Å². The number of thiazole rings is 1. The molecule has 0 saturated carbocycles. The molecule has 33 heavy (non-hydrogen) atoms. The molecule has 1 unspecified atom stereocenters. The van der Waals surface area contributed by atoms with E-state index >= 15 is 0 Å². The summed E-state index contributed by atoms with van der Waals surface area (Å²) in [6.45, 7) is 7.42. The second-order valence-corrected chi connectivity index (χ2v) is 11.7. The number of para-hydroxylation sites is 1. The van der Waals surface area contributed by atoms with E-state index in [0.717, 1.165) is 20.8 Å². The summed E-state index contributed by atoms with van der Waals surface area (Å²) in [5, 5.41) is 12.4. The number of nitrogens with one attached hydrogen (secondary N) is 1. The van der Waals surface area contributed by atoms with Gasteiger partial charge >= 0.3 is 0 Å². The summed E-state index contributed by atoms with van der Waals surface area (Å²) >= 11 is 4.81. The third-order valence-electron chi connectivity index (χ3n) is 4.91. The summed E-state index contributed by atoms with van der Waals surface area (Å²) in [7, 11) is 0. The number of thioether (sulfide) groups is 2. The lowest BCUT2D eigenvalue weighted by molar-refractivity contribution is -0.120. The van der Waals surface area contributed by atoms with Gasteiger partial charge in [0.25, 0.3) is 0 Å². The Morgan fingerprint density at radius 3 is 2.58 bits per heavy atom. The topological polar surface area (TPSA) is 72.7 Å². The van der Waals surface area contributed by atoms with Crippen LogP contribution in [0.3, 0.4) is 0 Å². The van der Waals surface area contributed by atoms with Gasteiger partial charge in [0.2, 0.25) is 5.91 Å². The summed E-state index contributed by atoms with van der Waals surface area (Å²) in [6, 6.07) is 18.4. The molecular weight excluding hydrogens is 470 g/mol. The molecule has 0 aliphatic rings. The van der Waals surface area contributed by atoms with Crippen molar-refractivity contribution >= 4 is 51.0 Å². The summed E-state index contributed by atoms with van der Waals surface area (Å²) in [5.41, 5.74) is 2.19. The minimum absolute atomic E-state index is 0.0216. The zero-order chi connectivity index (χ0) is 23.2. The van der Waals surface area contributed by atoms with Crippen molar-refractivity contribution in [3.05, 3.63) is 66.0 Å². The fourth-order valence-electron chi connectivity index (χ4n) is 3.14.